The average molecular weight is 377 g/mol. The second kappa shape index (κ2) is 6.91. The Hall–Kier alpha value is -1.50. The molecule has 0 bridgehead atoms. The Labute approximate surface area is 159 Å². The van der Waals surface area contributed by atoms with Gasteiger partial charge in [0.2, 0.25) is 11.8 Å². The summed E-state index contributed by atoms with van der Waals surface area (Å²) in [6, 6.07) is -0.187. The molecule has 26 heavy (non-hydrogen) atoms. The smallest absolute Gasteiger partial charge is 0.246 e. The highest BCUT2D eigenvalue weighted by atomic mass is 32.2. The van der Waals surface area contributed by atoms with E-state index in [1.807, 2.05) is 28.5 Å². The molecule has 2 amide bonds. The summed E-state index contributed by atoms with van der Waals surface area (Å²) >= 11 is 1.71. The van der Waals surface area contributed by atoms with Crippen LogP contribution in [0.1, 0.15) is 55.1 Å². The van der Waals surface area contributed by atoms with Crippen LogP contribution in [0.25, 0.3) is 0 Å². The number of carbonyl (C=O) groups is 2. The Morgan fingerprint density at radius 1 is 1.08 bits per heavy atom. The van der Waals surface area contributed by atoms with E-state index in [1.165, 1.54) is 5.56 Å². The minimum Gasteiger partial charge on any atom is -0.334 e. The fourth-order valence-electron chi connectivity index (χ4n) is 4.55. The Morgan fingerprint density at radius 3 is 2.46 bits per heavy atom. The Balaban J connectivity index is 1.55. The Bertz CT molecular complexity index is 727. The number of aryl methyl sites for hydroxylation is 2. The van der Waals surface area contributed by atoms with E-state index < -0.39 is 0 Å². The number of likely N-dealkylation sites (tertiary alicyclic amines) is 1. The average Bonchev–Trinajstić information content (AvgIpc) is 3.25. The van der Waals surface area contributed by atoms with Crippen LogP contribution in [0.15, 0.2) is 0 Å². The molecular formula is C19H28N4O2S. The quantitative estimate of drug-likeness (QED) is 0.813. The number of thioether (sulfide) groups is 1. The first-order chi connectivity index (χ1) is 12.5. The highest BCUT2D eigenvalue weighted by Gasteiger charge is 2.43. The van der Waals surface area contributed by atoms with Crippen LogP contribution in [0.5, 0.6) is 0 Å². The largest absolute Gasteiger partial charge is 0.334 e. The Kier molecular flexibility index (Phi) is 4.75. The third-order valence-corrected chi connectivity index (χ3v) is 7.35. The van der Waals surface area contributed by atoms with Gasteiger partial charge in [0.25, 0.3) is 0 Å². The number of rotatable bonds is 3. The number of hydrogen-bond donors (Lipinski definition) is 0. The number of nitrogens with zero attached hydrogens (tertiary/aromatic N) is 4. The van der Waals surface area contributed by atoms with Crippen molar-refractivity contribution in [1.29, 1.82) is 0 Å². The zero-order chi connectivity index (χ0) is 18.4. The molecule has 2 atom stereocenters. The number of hydrogen-bond acceptors (Lipinski definition) is 4. The maximum Gasteiger partial charge on any atom is 0.246 e. The molecule has 0 N–H and O–H groups in total. The van der Waals surface area contributed by atoms with Crippen molar-refractivity contribution in [2.24, 2.45) is 13.0 Å². The van der Waals surface area contributed by atoms with Crippen LogP contribution in [0.4, 0.5) is 0 Å². The summed E-state index contributed by atoms with van der Waals surface area (Å²) in [6.45, 7) is 4.89. The highest BCUT2D eigenvalue weighted by molar-refractivity contribution is 7.99. The number of aromatic nitrogens is 2. The van der Waals surface area contributed by atoms with Crippen molar-refractivity contribution in [3.8, 4) is 0 Å². The molecule has 1 aliphatic carbocycles. The van der Waals surface area contributed by atoms with Crippen molar-refractivity contribution in [2.75, 3.05) is 18.2 Å². The first-order valence-corrected chi connectivity index (χ1v) is 10.8. The third kappa shape index (κ3) is 2.84. The van der Waals surface area contributed by atoms with Crippen LogP contribution < -0.4 is 0 Å². The van der Waals surface area contributed by atoms with Crippen molar-refractivity contribution in [3.63, 3.8) is 0 Å². The van der Waals surface area contributed by atoms with Crippen LogP contribution in [0, 0.1) is 19.8 Å². The van der Waals surface area contributed by atoms with Gasteiger partial charge in [-0.3, -0.25) is 14.3 Å². The zero-order valence-corrected chi connectivity index (χ0v) is 16.7. The van der Waals surface area contributed by atoms with Gasteiger partial charge in [-0.1, -0.05) is 6.42 Å². The highest BCUT2D eigenvalue weighted by Crippen LogP contribution is 2.38. The van der Waals surface area contributed by atoms with Crippen molar-refractivity contribution < 1.29 is 9.59 Å². The van der Waals surface area contributed by atoms with Gasteiger partial charge in [0.05, 0.1) is 17.6 Å². The SMILES string of the molecule is Cc1nn(C)c(C)c1C1CCCN1C(=O)C1CSCN1C(=O)C1CCC1. The van der Waals surface area contributed by atoms with E-state index in [4.69, 9.17) is 0 Å². The molecule has 0 aromatic carbocycles. The lowest BCUT2D eigenvalue weighted by Crippen LogP contribution is -2.51. The van der Waals surface area contributed by atoms with Gasteiger partial charge in [0.1, 0.15) is 6.04 Å². The van der Waals surface area contributed by atoms with Gasteiger partial charge >= 0.3 is 0 Å². The van der Waals surface area contributed by atoms with E-state index in [0.717, 1.165) is 55.8 Å². The molecule has 6 nitrogen and oxygen atoms in total. The molecule has 1 saturated carbocycles. The first kappa shape index (κ1) is 17.9. The summed E-state index contributed by atoms with van der Waals surface area (Å²) in [5.74, 6) is 1.87. The summed E-state index contributed by atoms with van der Waals surface area (Å²) in [7, 11) is 1.96. The molecule has 1 aromatic heterocycles. The fraction of sp³-hybridized carbons (Fsp3) is 0.737. The fourth-order valence-corrected chi connectivity index (χ4v) is 5.70. The zero-order valence-electron chi connectivity index (χ0n) is 15.9. The normalized spacial score (nSPS) is 26.4. The van der Waals surface area contributed by atoms with Gasteiger partial charge in [-0.05, 0) is 39.5 Å². The van der Waals surface area contributed by atoms with Crippen molar-refractivity contribution >= 4 is 23.6 Å². The lowest BCUT2D eigenvalue weighted by Gasteiger charge is -2.34. The maximum absolute atomic E-state index is 13.4. The molecule has 7 heteroatoms. The third-order valence-electron chi connectivity index (χ3n) is 6.34. The van der Waals surface area contributed by atoms with Crippen molar-refractivity contribution in [2.45, 2.75) is 58.0 Å². The van der Waals surface area contributed by atoms with Crippen LogP contribution in [0.3, 0.4) is 0 Å². The van der Waals surface area contributed by atoms with Crippen LogP contribution in [0.2, 0.25) is 0 Å². The van der Waals surface area contributed by atoms with E-state index in [0.29, 0.717) is 5.88 Å². The molecule has 0 radical (unpaired) electrons. The second-order valence-corrected chi connectivity index (χ2v) is 8.85. The van der Waals surface area contributed by atoms with Gasteiger partial charge in [-0.25, -0.2) is 0 Å². The summed E-state index contributed by atoms with van der Waals surface area (Å²) in [5.41, 5.74) is 3.34. The molecule has 2 saturated heterocycles. The van der Waals surface area contributed by atoms with Gasteiger partial charge in [0, 0.05) is 36.5 Å². The van der Waals surface area contributed by atoms with E-state index in [2.05, 4.69) is 12.0 Å². The molecule has 3 fully saturated rings. The van der Waals surface area contributed by atoms with Crippen molar-refractivity contribution in [1.82, 2.24) is 19.6 Å². The van der Waals surface area contributed by atoms with E-state index in [-0.39, 0.29) is 29.8 Å². The molecule has 142 valence electrons. The standard InChI is InChI=1S/C19H28N4O2S/c1-12-17(13(2)21(3)20-12)15-8-5-9-22(15)19(25)16-10-26-11-23(16)18(24)14-6-4-7-14/h14-16H,4-11H2,1-3H3. The second-order valence-electron chi connectivity index (χ2n) is 7.85. The predicted molar refractivity (Wildman–Crippen MR) is 102 cm³/mol. The summed E-state index contributed by atoms with van der Waals surface area (Å²) < 4.78 is 1.91. The number of carbonyl (C=O) groups excluding carboxylic acids is 2. The van der Waals surface area contributed by atoms with Crippen molar-refractivity contribution in [3.05, 3.63) is 17.0 Å². The van der Waals surface area contributed by atoms with Gasteiger partial charge in [0.15, 0.2) is 0 Å². The minimum atomic E-state index is -0.286. The molecular weight excluding hydrogens is 348 g/mol. The van der Waals surface area contributed by atoms with E-state index in [1.54, 1.807) is 11.8 Å². The molecule has 2 aliphatic heterocycles. The summed E-state index contributed by atoms with van der Waals surface area (Å²) in [4.78, 5) is 30.0. The van der Waals surface area contributed by atoms with Gasteiger partial charge in [-0.15, -0.1) is 11.8 Å². The van der Waals surface area contributed by atoms with E-state index >= 15 is 0 Å². The van der Waals surface area contributed by atoms with E-state index in [9.17, 15) is 9.59 Å². The molecule has 2 unspecified atom stereocenters. The maximum atomic E-state index is 13.4. The van der Waals surface area contributed by atoms with Crippen LogP contribution in [-0.4, -0.2) is 55.6 Å². The minimum absolute atomic E-state index is 0.0995. The monoisotopic (exact) mass is 376 g/mol. The Morgan fingerprint density at radius 2 is 1.85 bits per heavy atom. The van der Waals surface area contributed by atoms with Crippen LogP contribution >= 0.6 is 11.8 Å². The summed E-state index contributed by atoms with van der Waals surface area (Å²) in [6.07, 6.45) is 5.11. The topological polar surface area (TPSA) is 58.4 Å². The molecule has 4 rings (SSSR count). The lowest BCUT2D eigenvalue weighted by molar-refractivity contribution is -0.147. The predicted octanol–water partition coefficient (Wildman–Crippen LogP) is 2.40. The van der Waals surface area contributed by atoms with Crippen LogP contribution in [-0.2, 0) is 16.6 Å². The summed E-state index contributed by atoms with van der Waals surface area (Å²) in [5, 5.41) is 4.54. The van der Waals surface area contributed by atoms with Gasteiger partial charge in [-0.2, -0.15) is 5.10 Å². The molecule has 3 heterocycles. The number of amides is 2. The molecule has 1 aromatic rings. The van der Waals surface area contributed by atoms with Gasteiger partial charge < -0.3 is 9.80 Å². The molecule has 3 aliphatic rings. The lowest BCUT2D eigenvalue weighted by atomic mass is 9.84. The molecule has 0 spiro atoms. The first-order valence-electron chi connectivity index (χ1n) is 9.68.